The van der Waals surface area contributed by atoms with E-state index < -0.39 is 0 Å². The molecule has 1 aromatic carbocycles. The summed E-state index contributed by atoms with van der Waals surface area (Å²) in [7, 11) is 0. The zero-order valence-electron chi connectivity index (χ0n) is 17.0. The lowest BCUT2D eigenvalue weighted by Gasteiger charge is -2.11. The highest BCUT2D eigenvalue weighted by atomic mass is 16.2. The highest BCUT2D eigenvalue weighted by Crippen LogP contribution is 2.19. The molecule has 1 aliphatic carbocycles. The number of aromatic nitrogens is 4. The molecule has 152 valence electrons. The molecule has 29 heavy (non-hydrogen) atoms. The van der Waals surface area contributed by atoms with Gasteiger partial charge in [-0.1, -0.05) is 18.9 Å². The first-order chi connectivity index (χ1) is 13.9. The van der Waals surface area contributed by atoms with Gasteiger partial charge in [0.25, 0.3) is 0 Å². The lowest BCUT2D eigenvalue weighted by Crippen LogP contribution is -2.37. The van der Waals surface area contributed by atoms with E-state index >= 15 is 0 Å². The summed E-state index contributed by atoms with van der Waals surface area (Å²) < 4.78 is 2.61. The molecule has 0 radical (unpaired) electrons. The Labute approximate surface area is 169 Å². The van der Waals surface area contributed by atoms with Gasteiger partial charge in [-0.05, 0) is 56.9 Å². The predicted octanol–water partition coefficient (Wildman–Crippen LogP) is 2.62. The fourth-order valence-corrected chi connectivity index (χ4v) is 4.00. The standard InChI is InChI=1S/C21H26N6O2/c1-13-8-14(2)10-17(9-13)24-20-22-15(3)11-18-25-26(21(29)27(18)20)12-19(28)23-16-6-4-5-7-16/h8-11,16H,4-7,12H2,1-3H3,(H,22,24)(H,23,28). The highest BCUT2D eigenvalue weighted by Gasteiger charge is 2.19. The van der Waals surface area contributed by atoms with Gasteiger partial charge in [-0.3, -0.25) is 4.79 Å². The minimum atomic E-state index is -0.388. The summed E-state index contributed by atoms with van der Waals surface area (Å²) in [5.41, 5.74) is 3.88. The molecule has 4 rings (SSSR count). The second-order valence-electron chi connectivity index (χ2n) is 7.91. The Morgan fingerprint density at radius 2 is 1.79 bits per heavy atom. The Morgan fingerprint density at radius 1 is 1.10 bits per heavy atom. The van der Waals surface area contributed by atoms with Crippen LogP contribution in [0.2, 0.25) is 0 Å². The number of hydrogen-bond acceptors (Lipinski definition) is 5. The second kappa shape index (κ2) is 7.69. The molecule has 0 bridgehead atoms. The molecule has 1 amide bonds. The molecule has 1 fully saturated rings. The summed E-state index contributed by atoms with van der Waals surface area (Å²) in [6, 6.07) is 8.01. The number of carbonyl (C=O) groups is 1. The molecule has 1 saturated carbocycles. The van der Waals surface area contributed by atoms with Crippen molar-refractivity contribution in [3.63, 3.8) is 0 Å². The Hall–Kier alpha value is -3.16. The maximum Gasteiger partial charge on any atom is 0.353 e. The van der Waals surface area contributed by atoms with E-state index in [1.165, 1.54) is 9.08 Å². The molecule has 0 spiro atoms. The maximum absolute atomic E-state index is 13.0. The number of nitrogens with one attached hydrogen (secondary N) is 2. The van der Waals surface area contributed by atoms with Crippen LogP contribution >= 0.6 is 0 Å². The van der Waals surface area contributed by atoms with Crippen molar-refractivity contribution in [2.75, 3.05) is 5.32 Å². The Kier molecular flexibility index (Phi) is 5.08. The number of carbonyl (C=O) groups excluding carboxylic acids is 1. The summed E-state index contributed by atoms with van der Waals surface area (Å²) in [4.78, 5) is 29.8. The third kappa shape index (κ3) is 4.16. The number of hydrogen-bond donors (Lipinski definition) is 2. The highest BCUT2D eigenvalue weighted by molar-refractivity contribution is 5.76. The summed E-state index contributed by atoms with van der Waals surface area (Å²) in [6.45, 7) is 5.79. The number of fused-ring (bicyclic) bond motifs is 1. The van der Waals surface area contributed by atoms with Gasteiger partial charge in [0.05, 0.1) is 0 Å². The molecule has 2 heterocycles. The topological polar surface area (TPSA) is 93.3 Å². The van der Waals surface area contributed by atoms with E-state index in [0.717, 1.165) is 48.2 Å². The van der Waals surface area contributed by atoms with Gasteiger partial charge >= 0.3 is 5.69 Å². The molecule has 0 atom stereocenters. The monoisotopic (exact) mass is 394 g/mol. The minimum absolute atomic E-state index is 0.0982. The third-order valence-electron chi connectivity index (χ3n) is 5.19. The van der Waals surface area contributed by atoms with E-state index in [1.807, 2.05) is 32.9 Å². The van der Waals surface area contributed by atoms with Crippen LogP contribution in [-0.4, -0.2) is 31.1 Å². The smallest absolute Gasteiger partial charge is 0.352 e. The van der Waals surface area contributed by atoms with Crippen LogP contribution < -0.4 is 16.3 Å². The molecule has 1 aliphatic rings. The number of nitrogens with zero attached hydrogens (tertiary/aromatic N) is 4. The summed E-state index contributed by atoms with van der Waals surface area (Å²) in [5.74, 6) is 0.202. The van der Waals surface area contributed by atoms with Gasteiger partial charge in [-0.25, -0.2) is 18.9 Å². The fourth-order valence-electron chi connectivity index (χ4n) is 4.00. The molecule has 8 nitrogen and oxygen atoms in total. The molecule has 3 aromatic rings. The van der Waals surface area contributed by atoms with E-state index in [1.54, 1.807) is 6.07 Å². The van der Waals surface area contributed by atoms with E-state index in [9.17, 15) is 9.59 Å². The van der Waals surface area contributed by atoms with Crippen molar-refractivity contribution < 1.29 is 4.79 Å². The summed E-state index contributed by atoms with van der Waals surface area (Å²) >= 11 is 0. The minimum Gasteiger partial charge on any atom is -0.352 e. The summed E-state index contributed by atoms with van der Waals surface area (Å²) in [6.07, 6.45) is 4.27. The molecule has 0 unspecified atom stereocenters. The lowest BCUT2D eigenvalue weighted by atomic mass is 10.1. The molecule has 0 saturated heterocycles. The van der Waals surface area contributed by atoms with Crippen molar-refractivity contribution in [2.45, 2.75) is 59.0 Å². The van der Waals surface area contributed by atoms with Gasteiger partial charge < -0.3 is 10.6 Å². The van der Waals surface area contributed by atoms with Crippen LogP contribution in [0.15, 0.2) is 29.1 Å². The van der Waals surface area contributed by atoms with Gasteiger partial charge in [0.2, 0.25) is 11.9 Å². The van der Waals surface area contributed by atoms with Crippen molar-refractivity contribution in [2.24, 2.45) is 0 Å². The average Bonchev–Trinajstić information content (AvgIpc) is 3.22. The fraction of sp³-hybridized carbons (Fsp3) is 0.429. The maximum atomic E-state index is 13.0. The Bertz CT molecular complexity index is 1100. The molecule has 0 aliphatic heterocycles. The number of aryl methyl sites for hydroxylation is 3. The largest absolute Gasteiger partial charge is 0.353 e. The van der Waals surface area contributed by atoms with Crippen LogP contribution in [0.5, 0.6) is 0 Å². The van der Waals surface area contributed by atoms with Crippen LogP contribution in [0.1, 0.15) is 42.5 Å². The quantitative estimate of drug-likeness (QED) is 0.694. The number of rotatable bonds is 5. The van der Waals surface area contributed by atoms with Crippen molar-refractivity contribution in [3.8, 4) is 0 Å². The molecule has 2 N–H and O–H groups in total. The SMILES string of the molecule is Cc1cc(C)cc(Nc2nc(C)cc3nn(CC(=O)NC4CCCC4)c(=O)n23)c1. The van der Waals surface area contributed by atoms with Crippen LogP contribution in [0.4, 0.5) is 11.6 Å². The number of benzene rings is 1. The van der Waals surface area contributed by atoms with Crippen molar-refractivity contribution in [1.29, 1.82) is 0 Å². The Morgan fingerprint density at radius 3 is 2.48 bits per heavy atom. The molecular formula is C21H26N6O2. The third-order valence-corrected chi connectivity index (χ3v) is 5.19. The van der Waals surface area contributed by atoms with Crippen molar-refractivity contribution >= 4 is 23.2 Å². The number of amides is 1. The second-order valence-corrected chi connectivity index (χ2v) is 7.91. The zero-order valence-corrected chi connectivity index (χ0v) is 17.0. The van der Waals surface area contributed by atoms with E-state index in [0.29, 0.717) is 11.6 Å². The predicted molar refractivity (Wildman–Crippen MR) is 112 cm³/mol. The average molecular weight is 394 g/mol. The van der Waals surface area contributed by atoms with Crippen molar-refractivity contribution in [1.82, 2.24) is 24.5 Å². The van der Waals surface area contributed by atoms with Crippen LogP contribution in [0.25, 0.3) is 5.65 Å². The van der Waals surface area contributed by atoms with Crippen molar-refractivity contribution in [3.05, 3.63) is 51.6 Å². The van der Waals surface area contributed by atoms with Gasteiger partial charge in [0.15, 0.2) is 5.65 Å². The van der Waals surface area contributed by atoms with E-state index in [4.69, 9.17) is 0 Å². The van der Waals surface area contributed by atoms with Gasteiger partial charge in [-0.2, -0.15) is 0 Å². The van der Waals surface area contributed by atoms with Crippen LogP contribution in [0, 0.1) is 20.8 Å². The van der Waals surface area contributed by atoms with Gasteiger partial charge in [0.1, 0.15) is 6.54 Å². The first-order valence-electron chi connectivity index (χ1n) is 10.0. The zero-order chi connectivity index (χ0) is 20.5. The Balaban J connectivity index is 1.65. The summed E-state index contributed by atoms with van der Waals surface area (Å²) in [5, 5.41) is 10.6. The van der Waals surface area contributed by atoms with Gasteiger partial charge in [0, 0.05) is 23.5 Å². The first kappa shape index (κ1) is 19.2. The van der Waals surface area contributed by atoms with Crippen LogP contribution in [0.3, 0.4) is 0 Å². The van der Waals surface area contributed by atoms with Crippen LogP contribution in [-0.2, 0) is 11.3 Å². The van der Waals surface area contributed by atoms with E-state index in [2.05, 4.69) is 26.8 Å². The molecular weight excluding hydrogens is 368 g/mol. The van der Waals surface area contributed by atoms with E-state index in [-0.39, 0.29) is 24.2 Å². The normalized spacial score (nSPS) is 14.4. The number of anilines is 2. The molecule has 8 heteroatoms. The van der Waals surface area contributed by atoms with Gasteiger partial charge in [-0.15, -0.1) is 5.10 Å². The lowest BCUT2D eigenvalue weighted by molar-refractivity contribution is -0.122. The first-order valence-corrected chi connectivity index (χ1v) is 10.0. The molecule has 2 aromatic heterocycles.